The lowest BCUT2D eigenvalue weighted by Gasteiger charge is -2.39. The van der Waals surface area contributed by atoms with Crippen LogP contribution < -0.4 is 5.14 Å². The first kappa shape index (κ1) is 13.0. The molecule has 0 unspecified atom stereocenters. The predicted molar refractivity (Wildman–Crippen MR) is 73.8 cm³/mol. The highest BCUT2D eigenvalue weighted by molar-refractivity contribution is 8.13. The quantitative estimate of drug-likeness (QED) is 0.875. The van der Waals surface area contributed by atoms with Gasteiger partial charge >= 0.3 is 0 Å². The summed E-state index contributed by atoms with van der Waals surface area (Å²) >= 11 is 0. The van der Waals surface area contributed by atoms with Gasteiger partial charge in [0.1, 0.15) is 0 Å². The summed E-state index contributed by atoms with van der Waals surface area (Å²) in [6, 6.07) is 13.6. The van der Waals surface area contributed by atoms with E-state index in [9.17, 15) is 8.76 Å². The third kappa shape index (κ3) is 2.22. The van der Waals surface area contributed by atoms with Crippen molar-refractivity contribution < 1.29 is 8.76 Å². The molecule has 0 heterocycles. The molecule has 0 saturated heterocycles. The van der Waals surface area contributed by atoms with Gasteiger partial charge in [0.25, 0.3) is 0 Å². The molecule has 0 radical (unpaired) electrons. The molecule has 0 aliphatic heterocycles. The second-order valence-corrected chi connectivity index (χ2v) is 7.46. The van der Waals surface area contributed by atoms with E-state index in [0.717, 1.165) is 11.1 Å². The van der Waals surface area contributed by atoms with Crippen LogP contribution in [0, 0.1) is 13.8 Å². The van der Waals surface area contributed by atoms with Crippen molar-refractivity contribution in [2.75, 3.05) is 0 Å². The molecule has 3 N–H and O–H groups in total. The average molecular weight is 263 g/mol. The lowest BCUT2D eigenvalue weighted by Crippen LogP contribution is -2.42. The van der Waals surface area contributed by atoms with Gasteiger partial charge in [0, 0.05) is 0 Å². The Bertz CT molecular complexity index is 641. The van der Waals surface area contributed by atoms with E-state index < -0.39 is 9.53 Å². The molecule has 0 aliphatic carbocycles. The summed E-state index contributed by atoms with van der Waals surface area (Å²) in [6.07, 6.45) is 0. The number of hydrogen-bond donors (Lipinski definition) is 2. The number of nitrogens with two attached hydrogens (primary N) is 1. The Hall–Kier alpha value is -1.49. The average Bonchev–Trinajstić information content (AvgIpc) is 2.29. The van der Waals surface area contributed by atoms with Crippen molar-refractivity contribution in [3.63, 3.8) is 0 Å². The summed E-state index contributed by atoms with van der Waals surface area (Å²) in [5.41, 5.74) is 1.92. The summed E-state index contributed by atoms with van der Waals surface area (Å²) in [7, 11) is -4.47. The molecular weight excluding hydrogens is 246 g/mol. The van der Waals surface area contributed by atoms with E-state index in [-0.39, 0.29) is 9.79 Å². The van der Waals surface area contributed by atoms with Gasteiger partial charge in [-0.2, -0.15) is 4.21 Å². The topological polar surface area (TPSA) is 63.3 Å². The molecular formula is C14H17NO2S. The van der Waals surface area contributed by atoms with Gasteiger partial charge in [0.05, 0.1) is 9.79 Å². The maximum absolute atomic E-state index is 12.8. The van der Waals surface area contributed by atoms with Gasteiger partial charge in [0.2, 0.25) is 0 Å². The number of hydrogen-bond acceptors (Lipinski definition) is 1. The monoisotopic (exact) mass is 263 g/mol. The molecule has 0 saturated carbocycles. The molecule has 0 fully saturated rings. The van der Waals surface area contributed by atoms with E-state index in [1.54, 1.807) is 42.5 Å². The van der Waals surface area contributed by atoms with Crippen molar-refractivity contribution >= 4 is 9.53 Å². The molecule has 2 aromatic carbocycles. The zero-order valence-corrected chi connectivity index (χ0v) is 11.3. The first-order valence-corrected chi connectivity index (χ1v) is 7.62. The normalized spacial score (nSPS) is 13.9. The summed E-state index contributed by atoms with van der Waals surface area (Å²) < 4.78 is 23.3. The van der Waals surface area contributed by atoms with Crippen LogP contribution >= 0.6 is 0 Å². The van der Waals surface area contributed by atoms with Gasteiger partial charge in [-0.1, -0.05) is 39.4 Å². The number of benzene rings is 2. The fourth-order valence-corrected chi connectivity index (χ4v) is 3.49. The SMILES string of the molecule is Cc1ccc(S(N)(=O)(O)c2cccc(C)c2)cc1. The minimum absolute atomic E-state index is 0.239. The second kappa shape index (κ2) is 4.02. The lowest BCUT2D eigenvalue weighted by atomic mass is 10.2. The van der Waals surface area contributed by atoms with Gasteiger partial charge in [-0.05, 0) is 43.7 Å². The Morgan fingerprint density at radius 1 is 0.944 bits per heavy atom. The molecule has 0 bridgehead atoms. The number of rotatable bonds is 2. The first-order valence-electron chi connectivity index (χ1n) is 5.64. The maximum Gasteiger partial charge on any atom is 0.0741 e. The van der Waals surface area contributed by atoms with Crippen molar-refractivity contribution in [1.29, 1.82) is 0 Å². The van der Waals surface area contributed by atoms with Gasteiger partial charge < -0.3 is 0 Å². The Kier molecular flexibility index (Phi) is 2.89. The molecule has 0 aliphatic rings. The van der Waals surface area contributed by atoms with Crippen LogP contribution in [-0.2, 0) is 9.53 Å². The van der Waals surface area contributed by atoms with Crippen LogP contribution in [0.25, 0.3) is 0 Å². The van der Waals surface area contributed by atoms with Crippen LogP contribution in [0.5, 0.6) is 0 Å². The molecule has 0 aromatic heterocycles. The van der Waals surface area contributed by atoms with E-state index in [4.69, 9.17) is 5.14 Å². The molecule has 3 nitrogen and oxygen atoms in total. The fraction of sp³-hybridized carbons (Fsp3) is 0.143. The van der Waals surface area contributed by atoms with Crippen molar-refractivity contribution in [3.8, 4) is 0 Å². The van der Waals surface area contributed by atoms with Gasteiger partial charge in [-0.3, -0.25) is 4.55 Å². The smallest absolute Gasteiger partial charge is 0.0741 e. The van der Waals surface area contributed by atoms with Crippen molar-refractivity contribution in [2.24, 2.45) is 5.14 Å². The van der Waals surface area contributed by atoms with Gasteiger partial charge in [-0.15, -0.1) is 0 Å². The summed E-state index contributed by atoms with van der Waals surface area (Å²) in [6.45, 7) is 3.78. The molecule has 2 rings (SSSR count). The van der Waals surface area contributed by atoms with Crippen molar-refractivity contribution in [3.05, 3.63) is 59.7 Å². The molecule has 96 valence electrons. The minimum Gasteiger partial charge on any atom is -0.282 e. The third-order valence-corrected chi connectivity index (χ3v) is 5.27. The molecule has 0 atom stereocenters. The zero-order chi connectivity index (χ0) is 13.4. The standard InChI is InChI=1S/C14H17NO2S/c1-11-6-8-13(9-7-11)18(15,16,17)14-5-3-4-12(2)10-14/h3-10H,1-2H3,(H3,15,16,17). The summed E-state index contributed by atoms with van der Waals surface area (Å²) in [5.74, 6) is 0. The fourth-order valence-electron chi connectivity index (χ4n) is 1.80. The van der Waals surface area contributed by atoms with Crippen molar-refractivity contribution in [2.45, 2.75) is 23.6 Å². The Morgan fingerprint density at radius 3 is 2.11 bits per heavy atom. The van der Waals surface area contributed by atoms with Crippen LogP contribution in [0.2, 0.25) is 0 Å². The first-order chi connectivity index (χ1) is 8.28. The lowest BCUT2D eigenvalue weighted by molar-refractivity contribution is 0.512. The van der Waals surface area contributed by atoms with Crippen molar-refractivity contribution in [1.82, 2.24) is 0 Å². The second-order valence-electron chi connectivity index (χ2n) is 4.59. The minimum atomic E-state index is -4.47. The van der Waals surface area contributed by atoms with E-state index in [0.29, 0.717) is 0 Å². The summed E-state index contributed by atoms with van der Waals surface area (Å²) in [5, 5.41) is 5.83. The predicted octanol–water partition coefficient (Wildman–Crippen LogP) is 2.89. The molecule has 0 amide bonds. The Balaban J connectivity index is 2.64. The largest absolute Gasteiger partial charge is 0.282 e. The molecule has 4 heteroatoms. The van der Waals surface area contributed by atoms with Crippen LogP contribution in [0.4, 0.5) is 0 Å². The Morgan fingerprint density at radius 2 is 1.56 bits per heavy atom. The maximum atomic E-state index is 12.8. The van der Waals surface area contributed by atoms with Crippen LogP contribution in [-0.4, -0.2) is 8.76 Å². The third-order valence-electron chi connectivity index (χ3n) is 2.92. The molecule has 0 spiro atoms. The molecule has 2 aromatic rings. The van der Waals surface area contributed by atoms with Crippen LogP contribution in [0.15, 0.2) is 58.3 Å². The molecule has 18 heavy (non-hydrogen) atoms. The van der Waals surface area contributed by atoms with E-state index in [1.807, 2.05) is 19.9 Å². The highest BCUT2D eigenvalue weighted by Crippen LogP contribution is 2.34. The van der Waals surface area contributed by atoms with Crippen LogP contribution in [0.1, 0.15) is 11.1 Å². The van der Waals surface area contributed by atoms with Gasteiger partial charge in [-0.25, -0.2) is 5.14 Å². The van der Waals surface area contributed by atoms with E-state index >= 15 is 0 Å². The van der Waals surface area contributed by atoms with E-state index in [1.165, 1.54) is 0 Å². The highest BCUT2D eigenvalue weighted by atomic mass is 32.3. The van der Waals surface area contributed by atoms with E-state index in [2.05, 4.69) is 0 Å². The van der Waals surface area contributed by atoms with Gasteiger partial charge in [0.15, 0.2) is 0 Å². The van der Waals surface area contributed by atoms with Crippen LogP contribution in [0.3, 0.4) is 0 Å². The Labute approximate surface area is 107 Å². The number of aryl methyl sites for hydroxylation is 2. The highest BCUT2D eigenvalue weighted by Gasteiger charge is 2.27. The zero-order valence-electron chi connectivity index (χ0n) is 10.5. The summed E-state index contributed by atoms with van der Waals surface area (Å²) in [4.78, 5) is 0.485.